The zero-order chi connectivity index (χ0) is 19.0. The Morgan fingerprint density at radius 2 is 2.15 bits per heavy atom. The number of carbonyl (C=O) groups is 1. The van der Waals surface area contributed by atoms with Crippen molar-refractivity contribution in [1.29, 1.82) is 0 Å². The number of hydrogen-bond acceptors (Lipinski definition) is 5. The van der Waals surface area contributed by atoms with E-state index in [0.29, 0.717) is 40.3 Å². The molecule has 2 aromatic heterocycles. The monoisotopic (exact) mass is 400 g/mol. The Morgan fingerprint density at radius 3 is 2.93 bits per heavy atom. The highest BCUT2D eigenvalue weighted by Crippen LogP contribution is 2.33. The fourth-order valence-corrected chi connectivity index (χ4v) is 4.57. The van der Waals surface area contributed by atoms with Crippen molar-refractivity contribution in [1.82, 2.24) is 19.6 Å². The first kappa shape index (κ1) is 18.4. The highest BCUT2D eigenvalue weighted by atomic mass is 35.5. The Labute approximate surface area is 167 Å². The predicted molar refractivity (Wildman–Crippen MR) is 108 cm³/mol. The molecule has 0 spiro atoms. The molecule has 0 bridgehead atoms. The van der Waals surface area contributed by atoms with Gasteiger partial charge in [-0.15, -0.1) is 5.10 Å². The summed E-state index contributed by atoms with van der Waals surface area (Å²) < 4.78 is 1.63. The fourth-order valence-electron chi connectivity index (χ4n) is 3.31. The van der Waals surface area contributed by atoms with E-state index in [1.54, 1.807) is 22.5 Å². The van der Waals surface area contributed by atoms with Crippen LogP contribution in [0.15, 0.2) is 35.6 Å². The summed E-state index contributed by atoms with van der Waals surface area (Å²) in [6, 6.07) is 7.73. The maximum atomic E-state index is 12.7. The number of rotatable bonds is 5. The van der Waals surface area contributed by atoms with Gasteiger partial charge in [-0.1, -0.05) is 49.3 Å². The Morgan fingerprint density at radius 1 is 1.30 bits per heavy atom. The normalized spacial score (nSPS) is 16.9. The van der Waals surface area contributed by atoms with E-state index in [-0.39, 0.29) is 11.7 Å². The third-order valence-electron chi connectivity index (χ3n) is 4.81. The predicted octanol–water partition coefficient (Wildman–Crippen LogP) is 4.83. The molecule has 0 saturated carbocycles. The van der Waals surface area contributed by atoms with E-state index in [9.17, 15) is 4.79 Å². The summed E-state index contributed by atoms with van der Waals surface area (Å²) >= 11 is 7.75. The van der Waals surface area contributed by atoms with Crippen molar-refractivity contribution < 1.29 is 4.79 Å². The van der Waals surface area contributed by atoms with E-state index >= 15 is 0 Å². The Kier molecular flexibility index (Phi) is 5.19. The van der Waals surface area contributed by atoms with Gasteiger partial charge in [-0.25, -0.2) is 9.50 Å². The van der Waals surface area contributed by atoms with Gasteiger partial charge < -0.3 is 0 Å². The van der Waals surface area contributed by atoms with Gasteiger partial charge in [0.2, 0.25) is 5.16 Å². The van der Waals surface area contributed by atoms with Gasteiger partial charge in [0.25, 0.3) is 5.78 Å². The van der Waals surface area contributed by atoms with Gasteiger partial charge in [-0.05, 0) is 42.4 Å². The number of thioether (sulfide) groups is 1. The van der Waals surface area contributed by atoms with Crippen LogP contribution in [0, 0.1) is 5.92 Å². The molecule has 1 atom stereocenters. The molecule has 0 fully saturated rings. The van der Waals surface area contributed by atoms with E-state index in [2.05, 4.69) is 28.9 Å². The van der Waals surface area contributed by atoms with Crippen LogP contribution < -0.4 is 0 Å². The first-order valence-electron chi connectivity index (χ1n) is 9.17. The molecular weight excluding hydrogens is 380 g/mol. The van der Waals surface area contributed by atoms with E-state index in [4.69, 9.17) is 11.6 Å². The number of carbonyl (C=O) groups excluding carboxylic acids is 1. The smallest absolute Gasteiger partial charge is 0.253 e. The van der Waals surface area contributed by atoms with Gasteiger partial charge in [0.15, 0.2) is 5.78 Å². The summed E-state index contributed by atoms with van der Waals surface area (Å²) in [7, 11) is 0. The van der Waals surface area contributed by atoms with Crippen molar-refractivity contribution in [2.24, 2.45) is 5.92 Å². The molecule has 5 nitrogen and oxygen atoms in total. The minimum Gasteiger partial charge on any atom is -0.294 e. The van der Waals surface area contributed by atoms with Crippen molar-refractivity contribution in [2.45, 2.75) is 44.2 Å². The first-order valence-corrected chi connectivity index (χ1v) is 10.5. The molecule has 27 heavy (non-hydrogen) atoms. The van der Waals surface area contributed by atoms with Crippen LogP contribution >= 0.6 is 23.4 Å². The second-order valence-electron chi connectivity index (χ2n) is 7.35. The Bertz CT molecular complexity index is 1000. The first-order chi connectivity index (χ1) is 13.0. The molecule has 2 heterocycles. The molecule has 0 radical (unpaired) electrons. The van der Waals surface area contributed by atoms with Gasteiger partial charge in [0.1, 0.15) is 0 Å². The number of halogens is 1. The van der Waals surface area contributed by atoms with Gasteiger partial charge in [0.05, 0.1) is 11.3 Å². The lowest BCUT2D eigenvalue weighted by atomic mass is 9.82. The van der Waals surface area contributed by atoms with Crippen LogP contribution in [0.3, 0.4) is 0 Å². The van der Waals surface area contributed by atoms with Crippen molar-refractivity contribution >= 4 is 34.9 Å². The number of fused-ring (bicyclic) bond motifs is 2. The molecule has 1 aliphatic carbocycles. The Hall–Kier alpha value is -1.92. The number of nitrogens with zero attached hydrogens (tertiary/aromatic N) is 4. The van der Waals surface area contributed by atoms with Crippen LogP contribution in [0.25, 0.3) is 5.78 Å². The molecule has 7 heteroatoms. The molecule has 0 saturated heterocycles. The molecule has 0 N–H and O–H groups in total. The van der Waals surface area contributed by atoms with Gasteiger partial charge in [-0.3, -0.25) is 4.79 Å². The second kappa shape index (κ2) is 7.60. The van der Waals surface area contributed by atoms with Crippen molar-refractivity contribution in [3.8, 4) is 0 Å². The Balaban J connectivity index is 1.61. The third kappa shape index (κ3) is 4.01. The SMILES string of the molecule is CC(C)CCSc1nc2nc3c(cn2n1)C(=O)C[C@H](c1cccc(Cl)c1)C3. The van der Waals surface area contributed by atoms with Crippen LogP contribution in [-0.4, -0.2) is 31.1 Å². The summed E-state index contributed by atoms with van der Waals surface area (Å²) in [5, 5.41) is 5.88. The van der Waals surface area contributed by atoms with Gasteiger partial charge in [0, 0.05) is 23.4 Å². The molecule has 3 aromatic rings. The summed E-state index contributed by atoms with van der Waals surface area (Å²) in [6.45, 7) is 4.41. The molecular formula is C20H21ClN4OS. The van der Waals surface area contributed by atoms with Crippen molar-refractivity contribution in [3.05, 3.63) is 52.3 Å². The molecule has 0 amide bonds. The van der Waals surface area contributed by atoms with Crippen LogP contribution in [-0.2, 0) is 6.42 Å². The van der Waals surface area contributed by atoms with E-state index in [1.807, 2.05) is 24.3 Å². The number of Topliss-reactive ketones (excluding diaryl/α,β-unsaturated/α-hetero) is 1. The summed E-state index contributed by atoms with van der Waals surface area (Å²) in [4.78, 5) is 21.9. The molecule has 0 aliphatic heterocycles. The van der Waals surface area contributed by atoms with Crippen LogP contribution in [0.5, 0.6) is 0 Å². The second-order valence-corrected chi connectivity index (χ2v) is 8.85. The number of aromatic nitrogens is 4. The lowest BCUT2D eigenvalue weighted by Crippen LogP contribution is -2.21. The number of ketones is 1. The van der Waals surface area contributed by atoms with Crippen molar-refractivity contribution in [2.75, 3.05) is 5.75 Å². The summed E-state index contributed by atoms with van der Waals surface area (Å²) in [5.41, 5.74) is 2.54. The number of hydrogen-bond donors (Lipinski definition) is 0. The van der Waals surface area contributed by atoms with Crippen LogP contribution in [0.1, 0.15) is 54.2 Å². The average Bonchev–Trinajstić information content (AvgIpc) is 3.01. The quantitative estimate of drug-likeness (QED) is 0.574. The molecule has 0 unspecified atom stereocenters. The average molecular weight is 401 g/mol. The molecule has 1 aromatic carbocycles. The minimum absolute atomic E-state index is 0.0973. The summed E-state index contributed by atoms with van der Waals surface area (Å²) in [6.07, 6.45) is 4.07. The third-order valence-corrected chi connectivity index (χ3v) is 5.92. The largest absolute Gasteiger partial charge is 0.294 e. The maximum absolute atomic E-state index is 12.7. The van der Waals surface area contributed by atoms with Crippen LogP contribution in [0.2, 0.25) is 5.02 Å². The number of benzene rings is 1. The summed E-state index contributed by atoms with van der Waals surface area (Å²) in [5.74, 6) is 2.38. The molecule has 1 aliphatic rings. The molecule has 140 valence electrons. The topological polar surface area (TPSA) is 60.1 Å². The lowest BCUT2D eigenvalue weighted by molar-refractivity contribution is 0.0962. The zero-order valence-corrected chi connectivity index (χ0v) is 16.9. The zero-order valence-electron chi connectivity index (χ0n) is 15.4. The van der Waals surface area contributed by atoms with E-state index in [0.717, 1.165) is 23.4 Å². The standard InChI is InChI=1S/C20H21ClN4OS/c1-12(2)6-7-27-20-23-19-22-17-9-14(13-4-3-5-15(21)8-13)10-18(26)16(17)11-25(19)24-20/h3-5,8,11-12,14H,6-7,9-10H2,1-2H3/t14-/m1/s1. The fraction of sp³-hybridized carbons (Fsp3) is 0.400. The lowest BCUT2D eigenvalue weighted by Gasteiger charge is -2.23. The van der Waals surface area contributed by atoms with Crippen LogP contribution in [0.4, 0.5) is 0 Å². The van der Waals surface area contributed by atoms with Crippen molar-refractivity contribution in [3.63, 3.8) is 0 Å². The highest BCUT2D eigenvalue weighted by Gasteiger charge is 2.28. The molecule has 4 rings (SSSR count). The van der Waals surface area contributed by atoms with Gasteiger partial charge >= 0.3 is 0 Å². The van der Waals surface area contributed by atoms with E-state index in [1.165, 1.54) is 0 Å². The maximum Gasteiger partial charge on any atom is 0.253 e. The highest BCUT2D eigenvalue weighted by molar-refractivity contribution is 7.99. The van der Waals surface area contributed by atoms with Gasteiger partial charge in [-0.2, -0.15) is 4.98 Å². The van der Waals surface area contributed by atoms with E-state index < -0.39 is 0 Å². The minimum atomic E-state index is 0.0973.